The number of nitro groups is 2. The van der Waals surface area contributed by atoms with Gasteiger partial charge in [0.05, 0.1) is 38.3 Å². The van der Waals surface area contributed by atoms with Gasteiger partial charge in [0.15, 0.2) is 4.80 Å². The van der Waals surface area contributed by atoms with Gasteiger partial charge in [-0.1, -0.05) is 35.6 Å². The fourth-order valence-corrected chi connectivity index (χ4v) is 4.84. The fraction of sp³-hybridized carbons (Fsp3) is 0.174. The molecule has 178 valence electrons. The number of carbonyl (C=O) groups excluding carboxylic acids is 1. The van der Waals surface area contributed by atoms with Gasteiger partial charge < -0.3 is 4.74 Å². The first-order chi connectivity index (χ1) is 16.7. The van der Waals surface area contributed by atoms with E-state index >= 15 is 0 Å². The molecule has 4 rings (SSSR count). The maximum absolute atomic E-state index is 13.5. The second kappa shape index (κ2) is 9.43. The predicted octanol–water partition coefficient (Wildman–Crippen LogP) is 2.61. The molecule has 0 bridgehead atoms. The van der Waals surface area contributed by atoms with Crippen molar-refractivity contribution in [2.24, 2.45) is 4.99 Å². The number of thiazole rings is 1. The van der Waals surface area contributed by atoms with Crippen LogP contribution >= 0.6 is 11.3 Å². The molecule has 0 spiro atoms. The normalized spacial score (nSPS) is 15.4. The third-order valence-corrected chi connectivity index (χ3v) is 6.28. The van der Waals surface area contributed by atoms with E-state index in [1.165, 1.54) is 47.0 Å². The third-order valence-electron chi connectivity index (χ3n) is 5.29. The molecule has 3 aromatic rings. The summed E-state index contributed by atoms with van der Waals surface area (Å²) in [6.45, 7) is 3.34. The van der Waals surface area contributed by atoms with Crippen molar-refractivity contribution in [1.29, 1.82) is 0 Å². The molecule has 1 aromatic heterocycles. The highest BCUT2D eigenvalue weighted by molar-refractivity contribution is 7.07. The summed E-state index contributed by atoms with van der Waals surface area (Å²) in [5.41, 5.74) is 0.397. The second-order valence-electron chi connectivity index (χ2n) is 7.51. The first-order valence-electron chi connectivity index (χ1n) is 10.4. The molecule has 2 aromatic carbocycles. The van der Waals surface area contributed by atoms with Gasteiger partial charge in [0.1, 0.15) is 0 Å². The summed E-state index contributed by atoms with van der Waals surface area (Å²) < 4.78 is 6.73. The molecule has 12 heteroatoms. The van der Waals surface area contributed by atoms with Crippen molar-refractivity contribution in [1.82, 2.24) is 4.57 Å². The first kappa shape index (κ1) is 23.7. The zero-order valence-corrected chi connectivity index (χ0v) is 19.4. The fourth-order valence-electron chi connectivity index (χ4n) is 3.79. The lowest BCUT2D eigenvalue weighted by Crippen LogP contribution is -2.40. The quantitative estimate of drug-likeness (QED) is 0.291. The molecule has 0 fully saturated rings. The van der Waals surface area contributed by atoms with Crippen LogP contribution in [0.2, 0.25) is 0 Å². The molecular formula is C23H18N4O7S. The van der Waals surface area contributed by atoms with Crippen LogP contribution in [-0.4, -0.2) is 27.0 Å². The highest BCUT2D eigenvalue weighted by Crippen LogP contribution is 2.32. The summed E-state index contributed by atoms with van der Waals surface area (Å²) in [6.07, 6.45) is 1.50. The van der Waals surface area contributed by atoms with E-state index in [0.29, 0.717) is 16.8 Å². The van der Waals surface area contributed by atoms with E-state index in [1.807, 2.05) is 0 Å². The number of allylic oxidation sites excluding steroid dienone is 1. The largest absolute Gasteiger partial charge is 0.463 e. The van der Waals surface area contributed by atoms with Crippen molar-refractivity contribution in [3.05, 3.63) is 111 Å². The minimum absolute atomic E-state index is 0.0917. The Morgan fingerprint density at radius 3 is 2.46 bits per heavy atom. The molecule has 1 aliphatic heterocycles. The van der Waals surface area contributed by atoms with Crippen LogP contribution < -0.4 is 14.9 Å². The van der Waals surface area contributed by atoms with Crippen molar-refractivity contribution in [2.45, 2.75) is 19.9 Å². The number of ether oxygens (including phenoxy) is 1. The van der Waals surface area contributed by atoms with E-state index in [0.717, 1.165) is 11.3 Å². The van der Waals surface area contributed by atoms with Crippen molar-refractivity contribution >= 4 is 34.8 Å². The number of benzene rings is 2. The number of fused-ring (bicyclic) bond motifs is 1. The minimum atomic E-state index is -1.00. The van der Waals surface area contributed by atoms with E-state index in [4.69, 9.17) is 4.74 Å². The molecule has 0 saturated carbocycles. The molecule has 1 atom stereocenters. The van der Waals surface area contributed by atoms with Crippen molar-refractivity contribution in [2.75, 3.05) is 6.61 Å². The third kappa shape index (κ3) is 4.51. The van der Waals surface area contributed by atoms with Gasteiger partial charge in [0, 0.05) is 24.3 Å². The Morgan fingerprint density at radius 1 is 1.14 bits per heavy atom. The monoisotopic (exact) mass is 494 g/mol. The lowest BCUT2D eigenvalue weighted by molar-refractivity contribution is -0.385. The summed E-state index contributed by atoms with van der Waals surface area (Å²) in [5.74, 6) is -0.682. The van der Waals surface area contributed by atoms with Crippen LogP contribution in [0.1, 0.15) is 31.0 Å². The Balaban J connectivity index is 1.96. The number of non-ortho nitro benzene ring substituents is 2. The highest BCUT2D eigenvalue weighted by Gasteiger charge is 2.34. The van der Waals surface area contributed by atoms with Crippen LogP contribution in [0.5, 0.6) is 0 Å². The number of nitrogens with zero attached hydrogens (tertiary/aromatic N) is 4. The summed E-state index contributed by atoms with van der Waals surface area (Å²) >= 11 is 1.05. The topological polar surface area (TPSA) is 147 Å². The van der Waals surface area contributed by atoms with Crippen LogP contribution in [0.15, 0.2) is 69.6 Å². The second-order valence-corrected chi connectivity index (χ2v) is 8.52. The number of aromatic nitrogens is 1. The number of rotatable bonds is 6. The molecule has 0 N–H and O–H groups in total. The molecular weight excluding hydrogens is 476 g/mol. The van der Waals surface area contributed by atoms with Crippen LogP contribution in [0.3, 0.4) is 0 Å². The molecule has 0 saturated heterocycles. The molecule has 2 heterocycles. The first-order valence-corrected chi connectivity index (χ1v) is 11.2. The van der Waals surface area contributed by atoms with E-state index in [2.05, 4.69) is 4.99 Å². The van der Waals surface area contributed by atoms with Crippen LogP contribution in [0.4, 0.5) is 11.4 Å². The average Bonchev–Trinajstić information content (AvgIpc) is 3.12. The van der Waals surface area contributed by atoms with Crippen molar-refractivity contribution in [3.63, 3.8) is 0 Å². The van der Waals surface area contributed by atoms with Crippen molar-refractivity contribution in [3.8, 4) is 0 Å². The number of nitro benzene ring substituents is 2. The summed E-state index contributed by atoms with van der Waals surface area (Å²) in [7, 11) is 0. The van der Waals surface area contributed by atoms with Gasteiger partial charge >= 0.3 is 5.97 Å². The molecule has 0 amide bonds. The Hall–Kier alpha value is -4.45. The van der Waals surface area contributed by atoms with E-state index in [-0.39, 0.29) is 32.9 Å². The molecule has 0 unspecified atom stereocenters. The Bertz CT molecular complexity index is 1590. The van der Waals surface area contributed by atoms with Gasteiger partial charge in [-0.2, -0.15) is 0 Å². The number of esters is 1. The molecule has 11 nitrogen and oxygen atoms in total. The standard InChI is InChI=1S/C23H18N4O7S/c1-3-34-22(29)19-13(2)24-23-25(20(19)15-7-5-9-17(12-15)27(32)33)21(28)18(35-23)11-14-6-4-8-16(10-14)26(30)31/h4-12,20H,3H2,1-2H3/b18-11+/t20-/m1/s1. The predicted molar refractivity (Wildman–Crippen MR) is 127 cm³/mol. The maximum Gasteiger partial charge on any atom is 0.338 e. The summed E-state index contributed by atoms with van der Waals surface area (Å²) in [4.78, 5) is 52.5. The minimum Gasteiger partial charge on any atom is -0.463 e. The van der Waals surface area contributed by atoms with Gasteiger partial charge in [0.2, 0.25) is 0 Å². The average molecular weight is 494 g/mol. The van der Waals surface area contributed by atoms with Gasteiger partial charge in [-0.25, -0.2) is 9.79 Å². The van der Waals surface area contributed by atoms with Gasteiger partial charge in [-0.3, -0.25) is 29.6 Å². The van der Waals surface area contributed by atoms with Gasteiger partial charge in [-0.15, -0.1) is 0 Å². The smallest absolute Gasteiger partial charge is 0.338 e. The van der Waals surface area contributed by atoms with Gasteiger partial charge in [0.25, 0.3) is 16.9 Å². The summed E-state index contributed by atoms with van der Waals surface area (Å²) in [5, 5.41) is 22.5. The Kier molecular flexibility index (Phi) is 6.38. The molecule has 0 radical (unpaired) electrons. The number of hydrogen-bond acceptors (Lipinski definition) is 9. The summed E-state index contributed by atoms with van der Waals surface area (Å²) in [6, 6.07) is 10.5. The highest BCUT2D eigenvalue weighted by atomic mass is 32.1. The zero-order valence-electron chi connectivity index (χ0n) is 18.5. The van der Waals surface area contributed by atoms with E-state index < -0.39 is 27.4 Å². The number of hydrogen-bond donors (Lipinski definition) is 0. The Labute approximate surface area is 201 Å². The van der Waals surface area contributed by atoms with E-state index in [1.54, 1.807) is 26.0 Å². The molecule has 1 aliphatic rings. The van der Waals surface area contributed by atoms with Gasteiger partial charge in [-0.05, 0) is 31.1 Å². The van der Waals surface area contributed by atoms with Crippen LogP contribution in [0.25, 0.3) is 6.08 Å². The zero-order chi connectivity index (χ0) is 25.3. The SMILES string of the molecule is CCOC(=O)C1=C(C)N=c2s/c(=C/c3cccc([N+](=O)[O-])c3)c(=O)n2[C@@H]1c1cccc([N+](=O)[O-])c1. The molecule has 35 heavy (non-hydrogen) atoms. The maximum atomic E-state index is 13.5. The van der Waals surface area contributed by atoms with Crippen LogP contribution in [0, 0.1) is 20.2 Å². The van der Waals surface area contributed by atoms with E-state index in [9.17, 15) is 29.8 Å². The lowest BCUT2D eigenvalue weighted by Gasteiger charge is -2.24. The lowest BCUT2D eigenvalue weighted by atomic mass is 9.95. The Morgan fingerprint density at radius 2 is 1.80 bits per heavy atom. The number of carbonyl (C=O) groups is 1. The molecule has 0 aliphatic carbocycles. The van der Waals surface area contributed by atoms with Crippen molar-refractivity contribution < 1.29 is 19.4 Å². The van der Waals surface area contributed by atoms with Crippen LogP contribution in [-0.2, 0) is 9.53 Å².